The minimum Gasteiger partial charge on any atom is -0.334 e. The number of urea groups is 1. The molecular weight excluding hydrogens is 262 g/mol. The van der Waals surface area contributed by atoms with Crippen molar-refractivity contribution in [2.45, 2.75) is 26.9 Å². The van der Waals surface area contributed by atoms with Crippen molar-refractivity contribution in [3.8, 4) is 0 Å². The second-order valence-corrected chi connectivity index (χ2v) is 4.93. The van der Waals surface area contributed by atoms with Gasteiger partial charge in [0.2, 0.25) is 0 Å². The predicted octanol–water partition coefficient (Wildman–Crippen LogP) is 3.12. The summed E-state index contributed by atoms with van der Waals surface area (Å²) < 4.78 is 0. The zero-order valence-corrected chi connectivity index (χ0v) is 12.5. The van der Waals surface area contributed by atoms with E-state index in [4.69, 9.17) is 0 Å². The van der Waals surface area contributed by atoms with Crippen LogP contribution in [0.3, 0.4) is 0 Å². The first-order chi connectivity index (χ1) is 10.2. The van der Waals surface area contributed by atoms with Gasteiger partial charge in [0.05, 0.1) is 12.2 Å². The van der Waals surface area contributed by atoms with E-state index in [1.165, 1.54) is 0 Å². The molecule has 0 atom stereocenters. The number of aromatic nitrogens is 1. The molecule has 0 aliphatic carbocycles. The van der Waals surface area contributed by atoms with Gasteiger partial charge in [-0.05, 0) is 31.5 Å². The highest BCUT2D eigenvalue weighted by atomic mass is 16.2. The molecule has 2 aromatic rings. The van der Waals surface area contributed by atoms with Crippen molar-refractivity contribution in [1.29, 1.82) is 0 Å². The number of hydrogen-bond donors (Lipinski definition) is 1. The molecule has 21 heavy (non-hydrogen) atoms. The minimum absolute atomic E-state index is 0.0651. The molecule has 0 unspecified atom stereocenters. The van der Waals surface area contributed by atoms with E-state index in [0.717, 1.165) is 17.0 Å². The Bertz CT molecular complexity index is 584. The number of nitrogens with one attached hydrogen (secondary N) is 1. The molecule has 1 aromatic heterocycles. The quantitative estimate of drug-likeness (QED) is 0.916. The molecule has 0 aliphatic rings. The van der Waals surface area contributed by atoms with E-state index in [2.05, 4.69) is 10.3 Å². The Kier molecular flexibility index (Phi) is 5.32. The number of benzene rings is 1. The average molecular weight is 283 g/mol. The Balaban J connectivity index is 1.92. The van der Waals surface area contributed by atoms with Gasteiger partial charge in [-0.3, -0.25) is 4.98 Å². The summed E-state index contributed by atoms with van der Waals surface area (Å²) in [7, 11) is 0. The minimum atomic E-state index is -0.0651. The highest BCUT2D eigenvalue weighted by Crippen LogP contribution is 2.04. The van der Waals surface area contributed by atoms with E-state index in [0.29, 0.717) is 19.6 Å². The SMILES string of the molecule is CCN(Cc1cccc(C)n1)C(=O)NCc1ccccc1. The first kappa shape index (κ1) is 15.0. The smallest absolute Gasteiger partial charge is 0.318 e. The summed E-state index contributed by atoms with van der Waals surface area (Å²) in [5.74, 6) is 0. The van der Waals surface area contributed by atoms with Crippen LogP contribution in [-0.2, 0) is 13.1 Å². The lowest BCUT2D eigenvalue weighted by atomic mass is 10.2. The lowest BCUT2D eigenvalue weighted by Gasteiger charge is -2.21. The predicted molar refractivity (Wildman–Crippen MR) is 83.7 cm³/mol. The van der Waals surface area contributed by atoms with Crippen molar-refractivity contribution >= 4 is 6.03 Å². The number of aryl methyl sites for hydroxylation is 1. The average Bonchev–Trinajstić information content (AvgIpc) is 2.51. The molecule has 0 spiro atoms. The lowest BCUT2D eigenvalue weighted by molar-refractivity contribution is 0.197. The van der Waals surface area contributed by atoms with Crippen LogP contribution in [0.15, 0.2) is 48.5 Å². The number of hydrogen-bond acceptors (Lipinski definition) is 2. The second kappa shape index (κ2) is 7.43. The number of amides is 2. The summed E-state index contributed by atoms with van der Waals surface area (Å²) in [5, 5.41) is 2.94. The van der Waals surface area contributed by atoms with E-state index in [1.807, 2.05) is 62.4 Å². The van der Waals surface area contributed by atoms with Crippen LogP contribution >= 0.6 is 0 Å². The molecule has 2 rings (SSSR count). The van der Waals surface area contributed by atoms with Crippen molar-refractivity contribution in [3.63, 3.8) is 0 Å². The number of carbonyl (C=O) groups is 1. The topological polar surface area (TPSA) is 45.2 Å². The summed E-state index contributed by atoms with van der Waals surface area (Å²) in [4.78, 5) is 18.4. The molecule has 0 radical (unpaired) electrons. The molecule has 0 bridgehead atoms. The highest BCUT2D eigenvalue weighted by Gasteiger charge is 2.12. The molecule has 1 aromatic carbocycles. The van der Waals surface area contributed by atoms with Gasteiger partial charge in [0.15, 0.2) is 0 Å². The third-order valence-corrected chi connectivity index (χ3v) is 3.25. The van der Waals surface area contributed by atoms with E-state index in [-0.39, 0.29) is 6.03 Å². The maximum Gasteiger partial charge on any atom is 0.318 e. The van der Waals surface area contributed by atoms with Gasteiger partial charge in [-0.1, -0.05) is 36.4 Å². The molecular formula is C17H21N3O. The fourth-order valence-electron chi connectivity index (χ4n) is 2.10. The lowest BCUT2D eigenvalue weighted by Crippen LogP contribution is -2.39. The van der Waals surface area contributed by atoms with Gasteiger partial charge >= 0.3 is 6.03 Å². The number of nitrogens with zero attached hydrogens (tertiary/aromatic N) is 2. The molecule has 2 amide bonds. The molecule has 1 heterocycles. The van der Waals surface area contributed by atoms with Crippen LogP contribution in [-0.4, -0.2) is 22.5 Å². The Hall–Kier alpha value is -2.36. The van der Waals surface area contributed by atoms with Crippen molar-refractivity contribution in [2.75, 3.05) is 6.54 Å². The summed E-state index contributed by atoms with van der Waals surface area (Å²) >= 11 is 0. The van der Waals surface area contributed by atoms with E-state index < -0.39 is 0 Å². The molecule has 0 aliphatic heterocycles. The van der Waals surface area contributed by atoms with Crippen LogP contribution in [0.1, 0.15) is 23.9 Å². The van der Waals surface area contributed by atoms with Gasteiger partial charge in [0.25, 0.3) is 0 Å². The highest BCUT2D eigenvalue weighted by molar-refractivity contribution is 5.74. The van der Waals surface area contributed by atoms with Crippen molar-refractivity contribution < 1.29 is 4.79 Å². The zero-order valence-electron chi connectivity index (χ0n) is 12.5. The van der Waals surface area contributed by atoms with Crippen molar-refractivity contribution in [1.82, 2.24) is 15.2 Å². The van der Waals surface area contributed by atoms with Crippen molar-refractivity contribution in [2.24, 2.45) is 0 Å². The van der Waals surface area contributed by atoms with Gasteiger partial charge in [-0.15, -0.1) is 0 Å². The van der Waals surface area contributed by atoms with Crippen LogP contribution < -0.4 is 5.32 Å². The summed E-state index contributed by atoms with van der Waals surface area (Å²) in [5.41, 5.74) is 2.97. The summed E-state index contributed by atoms with van der Waals surface area (Å²) in [6.45, 7) is 5.64. The van der Waals surface area contributed by atoms with Crippen LogP contribution in [0.25, 0.3) is 0 Å². The fraction of sp³-hybridized carbons (Fsp3) is 0.294. The molecule has 4 heteroatoms. The largest absolute Gasteiger partial charge is 0.334 e. The Labute approximate surface area is 125 Å². The third-order valence-electron chi connectivity index (χ3n) is 3.25. The zero-order chi connectivity index (χ0) is 15.1. The van der Waals surface area contributed by atoms with Crippen molar-refractivity contribution in [3.05, 3.63) is 65.5 Å². The Morgan fingerprint density at radius 1 is 1.14 bits per heavy atom. The fourth-order valence-corrected chi connectivity index (χ4v) is 2.10. The maximum absolute atomic E-state index is 12.2. The van der Waals surface area contributed by atoms with E-state index in [1.54, 1.807) is 4.90 Å². The second-order valence-electron chi connectivity index (χ2n) is 4.93. The Morgan fingerprint density at radius 3 is 2.57 bits per heavy atom. The summed E-state index contributed by atoms with van der Waals surface area (Å²) in [6, 6.07) is 15.7. The van der Waals surface area contributed by atoms with Gasteiger partial charge in [0, 0.05) is 18.8 Å². The van der Waals surface area contributed by atoms with Crippen LogP contribution in [0.5, 0.6) is 0 Å². The number of rotatable bonds is 5. The third kappa shape index (κ3) is 4.60. The van der Waals surface area contributed by atoms with Crippen LogP contribution in [0.4, 0.5) is 4.79 Å². The summed E-state index contributed by atoms with van der Waals surface area (Å²) in [6.07, 6.45) is 0. The molecule has 110 valence electrons. The number of carbonyl (C=O) groups excluding carboxylic acids is 1. The van der Waals surface area contributed by atoms with Crippen LogP contribution in [0.2, 0.25) is 0 Å². The van der Waals surface area contributed by atoms with Gasteiger partial charge in [-0.25, -0.2) is 4.79 Å². The first-order valence-electron chi connectivity index (χ1n) is 7.18. The van der Waals surface area contributed by atoms with E-state index >= 15 is 0 Å². The van der Waals surface area contributed by atoms with E-state index in [9.17, 15) is 4.79 Å². The maximum atomic E-state index is 12.2. The molecule has 0 saturated heterocycles. The molecule has 0 fully saturated rings. The number of pyridine rings is 1. The molecule has 0 saturated carbocycles. The molecule has 4 nitrogen and oxygen atoms in total. The monoisotopic (exact) mass is 283 g/mol. The van der Waals surface area contributed by atoms with Gasteiger partial charge in [-0.2, -0.15) is 0 Å². The normalized spacial score (nSPS) is 10.2. The van der Waals surface area contributed by atoms with Crippen LogP contribution in [0, 0.1) is 6.92 Å². The van der Waals surface area contributed by atoms with Gasteiger partial charge < -0.3 is 10.2 Å². The standard InChI is InChI=1S/C17H21N3O/c1-3-20(13-16-11-7-8-14(2)19-16)17(21)18-12-15-9-5-4-6-10-15/h4-11H,3,12-13H2,1-2H3,(H,18,21). The van der Waals surface area contributed by atoms with Gasteiger partial charge in [0.1, 0.15) is 0 Å². The molecule has 1 N–H and O–H groups in total. The Morgan fingerprint density at radius 2 is 1.90 bits per heavy atom. The first-order valence-corrected chi connectivity index (χ1v) is 7.18.